The molecule has 2 bridgehead atoms. The van der Waals surface area contributed by atoms with Gasteiger partial charge in [0.2, 0.25) is 0 Å². The zero-order chi connectivity index (χ0) is 14.3. The summed E-state index contributed by atoms with van der Waals surface area (Å²) in [5, 5.41) is 11.1. The molecule has 2 atom stereocenters. The number of rotatable bonds is 2. The first kappa shape index (κ1) is 13.8. The van der Waals surface area contributed by atoms with Crippen molar-refractivity contribution in [2.24, 2.45) is 0 Å². The van der Waals surface area contributed by atoms with Crippen molar-refractivity contribution in [3.05, 3.63) is 29.6 Å². The summed E-state index contributed by atoms with van der Waals surface area (Å²) in [5.74, 6) is 0.120. The van der Waals surface area contributed by atoms with Crippen molar-refractivity contribution in [3.8, 4) is 5.75 Å². The summed E-state index contributed by atoms with van der Waals surface area (Å²) in [6.07, 6.45) is 4.80. The first-order chi connectivity index (χ1) is 9.51. The van der Waals surface area contributed by atoms with Gasteiger partial charge >= 0.3 is 0 Å². The van der Waals surface area contributed by atoms with Crippen LogP contribution in [0.15, 0.2) is 18.2 Å². The van der Waals surface area contributed by atoms with Crippen LogP contribution in [-0.4, -0.2) is 36.2 Å². The van der Waals surface area contributed by atoms with Crippen LogP contribution in [0.2, 0.25) is 0 Å². The van der Waals surface area contributed by atoms with Gasteiger partial charge in [0.25, 0.3) is 0 Å². The summed E-state index contributed by atoms with van der Waals surface area (Å²) in [4.78, 5) is 2.38. The van der Waals surface area contributed by atoms with E-state index in [0.29, 0.717) is 36.2 Å². The van der Waals surface area contributed by atoms with E-state index >= 15 is 0 Å². The molecule has 1 N–H and O–H groups in total. The molecule has 4 heteroatoms. The molecule has 0 saturated carbocycles. The smallest absolute Gasteiger partial charge is 0.127 e. The monoisotopic (exact) mass is 279 g/mol. The molecule has 0 radical (unpaired) electrons. The molecular formula is C16H22FNO2. The largest absolute Gasteiger partial charge is 0.497 e. The van der Waals surface area contributed by atoms with Gasteiger partial charge in [-0.3, -0.25) is 0 Å². The van der Waals surface area contributed by atoms with Crippen molar-refractivity contribution in [1.29, 1.82) is 0 Å². The van der Waals surface area contributed by atoms with Crippen LogP contribution in [0.4, 0.5) is 4.39 Å². The molecule has 2 aliphatic heterocycles. The van der Waals surface area contributed by atoms with Crippen LogP contribution in [0.3, 0.4) is 0 Å². The molecule has 110 valence electrons. The van der Waals surface area contributed by atoms with E-state index in [9.17, 15) is 9.50 Å². The van der Waals surface area contributed by atoms with Crippen molar-refractivity contribution in [2.45, 2.75) is 49.8 Å². The van der Waals surface area contributed by atoms with Crippen LogP contribution in [0.1, 0.15) is 37.7 Å². The summed E-state index contributed by atoms with van der Waals surface area (Å²) in [6, 6.07) is 5.35. The average Bonchev–Trinajstić information content (AvgIpc) is 2.40. The van der Waals surface area contributed by atoms with Gasteiger partial charge in [-0.25, -0.2) is 4.39 Å². The second-order valence-electron chi connectivity index (χ2n) is 6.22. The molecule has 2 heterocycles. The maximum Gasteiger partial charge on any atom is 0.127 e. The number of piperidine rings is 2. The highest BCUT2D eigenvalue weighted by Crippen LogP contribution is 2.44. The third-order valence-corrected chi connectivity index (χ3v) is 5.02. The lowest BCUT2D eigenvalue weighted by Gasteiger charge is -2.50. The van der Waals surface area contributed by atoms with Crippen LogP contribution in [0, 0.1) is 5.82 Å². The predicted octanol–water partition coefficient (Wildman–Crippen LogP) is 2.67. The number of ether oxygens (including phenoxy) is 1. The zero-order valence-corrected chi connectivity index (χ0v) is 12.1. The summed E-state index contributed by atoms with van der Waals surface area (Å²) in [5.41, 5.74) is -0.281. The minimum Gasteiger partial charge on any atom is -0.497 e. The van der Waals surface area contributed by atoms with Gasteiger partial charge in [0, 0.05) is 18.2 Å². The zero-order valence-electron chi connectivity index (χ0n) is 12.1. The second-order valence-corrected chi connectivity index (χ2v) is 6.22. The Morgan fingerprint density at radius 3 is 2.50 bits per heavy atom. The van der Waals surface area contributed by atoms with E-state index < -0.39 is 5.60 Å². The summed E-state index contributed by atoms with van der Waals surface area (Å²) < 4.78 is 18.8. The molecule has 2 fully saturated rings. The highest BCUT2D eigenvalue weighted by molar-refractivity contribution is 5.34. The third-order valence-electron chi connectivity index (χ3n) is 5.02. The molecule has 0 aliphatic carbocycles. The molecular weight excluding hydrogens is 257 g/mol. The molecule has 3 rings (SSSR count). The molecule has 0 spiro atoms. The maximum atomic E-state index is 13.7. The summed E-state index contributed by atoms with van der Waals surface area (Å²) in [7, 11) is 3.66. The van der Waals surface area contributed by atoms with Crippen LogP contribution < -0.4 is 4.74 Å². The number of halogens is 1. The number of benzene rings is 1. The van der Waals surface area contributed by atoms with Gasteiger partial charge < -0.3 is 14.7 Å². The van der Waals surface area contributed by atoms with Crippen molar-refractivity contribution >= 4 is 0 Å². The Labute approximate surface area is 119 Å². The van der Waals surface area contributed by atoms with Crippen molar-refractivity contribution < 1.29 is 14.2 Å². The SMILES string of the molecule is COc1cc(F)cc(C2(O)CC3CCCC(C2)N3C)c1. The minimum atomic E-state index is -0.933. The van der Waals surface area contributed by atoms with E-state index in [2.05, 4.69) is 11.9 Å². The summed E-state index contributed by atoms with van der Waals surface area (Å²) in [6.45, 7) is 0. The molecule has 0 aromatic heterocycles. The molecule has 3 nitrogen and oxygen atoms in total. The van der Waals surface area contributed by atoms with Crippen molar-refractivity contribution in [2.75, 3.05) is 14.2 Å². The number of fused-ring (bicyclic) bond motifs is 2. The Morgan fingerprint density at radius 2 is 1.90 bits per heavy atom. The van der Waals surface area contributed by atoms with Crippen LogP contribution in [-0.2, 0) is 5.60 Å². The van der Waals surface area contributed by atoms with Crippen LogP contribution in [0.25, 0.3) is 0 Å². The van der Waals surface area contributed by atoms with Gasteiger partial charge in [0.05, 0.1) is 12.7 Å². The average molecular weight is 279 g/mol. The molecule has 1 aromatic rings. The van der Waals surface area contributed by atoms with E-state index in [1.54, 1.807) is 6.07 Å². The number of hydrogen-bond acceptors (Lipinski definition) is 3. The first-order valence-electron chi connectivity index (χ1n) is 7.31. The fourth-order valence-electron chi connectivity index (χ4n) is 3.83. The normalized spacial score (nSPS) is 34.0. The number of methoxy groups -OCH3 is 1. The molecule has 0 amide bonds. The second kappa shape index (κ2) is 5.01. The van der Waals surface area contributed by atoms with Crippen molar-refractivity contribution in [1.82, 2.24) is 4.90 Å². The number of nitrogens with zero attached hydrogens (tertiary/aromatic N) is 1. The Kier molecular flexibility index (Phi) is 3.46. The lowest BCUT2D eigenvalue weighted by atomic mass is 9.73. The minimum absolute atomic E-state index is 0.350. The van der Waals surface area contributed by atoms with E-state index in [0.717, 1.165) is 12.8 Å². The number of hydrogen-bond donors (Lipinski definition) is 1. The van der Waals surface area contributed by atoms with Gasteiger partial charge in [-0.15, -0.1) is 0 Å². The lowest BCUT2D eigenvalue weighted by Crippen LogP contribution is -2.55. The van der Waals surface area contributed by atoms with E-state index in [4.69, 9.17) is 4.74 Å². The molecule has 2 aliphatic rings. The Balaban J connectivity index is 1.94. The van der Waals surface area contributed by atoms with E-state index in [1.165, 1.54) is 25.7 Å². The topological polar surface area (TPSA) is 32.7 Å². The fourth-order valence-corrected chi connectivity index (χ4v) is 3.83. The predicted molar refractivity (Wildman–Crippen MR) is 75.3 cm³/mol. The van der Waals surface area contributed by atoms with Gasteiger partial charge in [-0.2, -0.15) is 0 Å². The summed E-state index contributed by atoms with van der Waals surface area (Å²) >= 11 is 0. The van der Waals surface area contributed by atoms with Gasteiger partial charge in [-0.1, -0.05) is 6.42 Å². The standard InChI is InChI=1S/C16H22FNO2/c1-18-13-4-3-5-14(18)10-16(19,9-13)11-6-12(17)8-15(7-11)20-2/h6-8,13-14,19H,3-5,9-10H2,1-2H3. The highest BCUT2D eigenvalue weighted by atomic mass is 19.1. The van der Waals surface area contributed by atoms with E-state index in [-0.39, 0.29) is 5.82 Å². The van der Waals surface area contributed by atoms with E-state index in [1.807, 2.05) is 0 Å². The molecule has 20 heavy (non-hydrogen) atoms. The fraction of sp³-hybridized carbons (Fsp3) is 0.625. The Morgan fingerprint density at radius 1 is 1.25 bits per heavy atom. The highest BCUT2D eigenvalue weighted by Gasteiger charge is 2.45. The first-order valence-corrected chi connectivity index (χ1v) is 7.31. The van der Waals surface area contributed by atoms with Crippen LogP contribution >= 0.6 is 0 Å². The van der Waals surface area contributed by atoms with Gasteiger partial charge in [0.1, 0.15) is 11.6 Å². The lowest BCUT2D eigenvalue weighted by molar-refractivity contribution is -0.0876. The Bertz CT molecular complexity index is 491. The van der Waals surface area contributed by atoms with Gasteiger partial charge in [-0.05, 0) is 50.4 Å². The van der Waals surface area contributed by atoms with Crippen LogP contribution in [0.5, 0.6) is 5.75 Å². The molecule has 2 unspecified atom stereocenters. The maximum absolute atomic E-state index is 13.7. The third kappa shape index (κ3) is 2.31. The van der Waals surface area contributed by atoms with Gasteiger partial charge in [0.15, 0.2) is 0 Å². The number of aliphatic hydroxyl groups is 1. The quantitative estimate of drug-likeness (QED) is 0.903. The molecule has 2 saturated heterocycles. The molecule has 1 aromatic carbocycles. The Hall–Kier alpha value is -1.13. The van der Waals surface area contributed by atoms with Crippen molar-refractivity contribution in [3.63, 3.8) is 0 Å².